The smallest absolute Gasteiger partial charge is 0.227 e. The van der Waals surface area contributed by atoms with Crippen molar-refractivity contribution < 1.29 is 18.5 Å². The van der Waals surface area contributed by atoms with Gasteiger partial charge in [-0.05, 0) is 38.5 Å². The summed E-state index contributed by atoms with van der Waals surface area (Å²) >= 11 is 0. The van der Waals surface area contributed by atoms with E-state index in [4.69, 9.17) is 18.5 Å². The van der Waals surface area contributed by atoms with Crippen LogP contribution in [0.25, 0.3) is 11.4 Å². The lowest BCUT2D eigenvalue weighted by Crippen LogP contribution is -1.94. The van der Waals surface area contributed by atoms with Crippen molar-refractivity contribution in [1.82, 2.24) is 15.3 Å². The zero-order valence-electron chi connectivity index (χ0n) is 14.1. The molecule has 3 rings (SSSR count). The van der Waals surface area contributed by atoms with Crippen LogP contribution in [0, 0.1) is 13.8 Å². The average molecular weight is 329 g/mol. The van der Waals surface area contributed by atoms with Crippen LogP contribution in [0.4, 0.5) is 0 Å². The molecule has 0 aliphatic rings. The summed E-state index contributed by atoms with van der Waals surface area (Å²) in [4.78, 5) is 4.45. The third-order valence-corrected chi connectivity index (χ3v) is 3.88. The van der Waals surface area contributed by atoms with Crippen molar-refractivity contribution in [3.8, 4) is 22.9 Å². The Labute approximate surface area is 139 Å². The molecule has 0 spiro atoms. The van der Waals surface area contributed by atoms with E-state index in [1.165, 1.54) is 0 Å². The first kappa shape index (κ1) is 16.0. The number of ether oxygens (including phenoxy) is 2. The number of methoxy groups -OCH3 is 2. The number of hydrogen-bond donors (Lipinski definition) is 0. The standard InChI is InChI=1S/C17H19N3O4/c1-10-13(11(2)23-19-10)6-8-16-18-17(20-24-16)12-5-7-14(21-3)15(9-12)22-4/h5,7,9H,6,8H2,1-4H3. The summed E-state index contributed by atoms with van der Waals surface area (Å²) in [5.74, 6) is 3.19. The molecular formula is C17H19N3O4. The minimum absolute atomic E-state index is 0.518. The third kappa shape index (κ3) is 3.10. The molecule has 0 atom stereocenters. The second kappa shape index (κ2) is 6.74. The molecule has 0 N–H and O–H groups in total. The maximum Gasteiger partial charge on any atom is 0.227 e. The summed E-state index contributed by atoms with van der Waals surface area (Å²) in [6, 6.07) is 5.50. The molecule has 0 saturated heterocycles. The molecule has 24 heavy (non-hydrogen) atoms. The van der Waals surface area contributed by atoms with E-state index in [1.807, 2.05) is 32.0 Å². The molecule has 0 bridgehead atoms. The van der Waals surface area contributed by atoms with Crippen LogP contribution in [-0.4, -0.2) is 29.5 Å². The normalized spacial score (nSPS) is 10.8. The van der Waals surface area contributed by atoms with Gasteiger partial charge in [-0.25, -0.2) is 0 Å². The molecule has 7 heteroatoms. The quantitative estimate of drug-likeness (QED) is 0.687. The molecule has 2 aromatic heterocycles. The lowest BCUT2D eigenvalue weighted by atomic mass is 10.1. The zero-order chi connectivity index (χ0) is 17.1. The van der Waals surface area contributed by atoms with Gasteiger partial charge in [-0.1, -0.05) is 10.3 Å². The second-order valence-corrected chi connectivity index (χ2v) is 5.38. The molecule has 7 nitrogen and oxygen atoms in total. The van der Waals surface area contributed by atoms with E-state index in [0.29, 0.717) is 29.6 Å². The van der Waals surface area contributed by atoms with Crippen LogP contribution in [0.1, 0.15) is 22.9 Å². The van der Waals surface area contributed by atoms with Crippen LogP contribution < -0.4 is 9.47 Å². The Hall–Kier alpha value is -2.83. The number of hydrogen-bond acceptors (Lipinski definition) is 7. The summed E-state index contributed by atoms with van der Waals surface area (Å²) in [6.07, 6.45) is 1.37. The van der Waals surface area contributed by atoms with Gasteiger partial charge >= 0.3 is 0 Å². The number of nitrogens with zero attached hydrogens (tertiary/aromatic N) is 3. The Bertz CT molecular complexity index is 819. The second-order valence-electron chi connectivity index (χ2n) is 5.38. The lowest BCUT2D eigenvalue weighted by molar-refractivity contribution is 0.355. The molecule has 1 aromatic carbocycles. The van der Waals surface area contributed by atoms with E-state index in [2.05, 4.69) is 15.3 Å². The maximum atomic E-state index is 5.34. The van der Waals surface area contributed by atoms with E-state index in [0.717, 1.165) is 29.0 Å². The molecule has 0 aliphatic heterocycles. The highest BCUT2D eigenvalue weighted by atomic mass is 16.5. The van der Waals surface area contributed by atoms with Crippen molar-refractivity contribution in [2.75, 3.05) is 14.2 Å². The fourth-order valence-electron chi connectivity index (χ4n) is 2.54. The molecule has 2 heterocycles. The summed E-state index contributed by atoms with van der Waals surface area (Å²) in [7, 11) is 3.19. The van der Waals surface area contributed by atoms with Gasteiger partial charge in [-0.15, -0.1) is 0 Å². The Balaban J connectivity index is 1.76. The molecule has 0 saturated carbocycles. The fourth-order valence-corrected chi connectivity index (χ4v) is 2.54. The predicted molar refractivity (Wildman–Crippen MR) is 86.2 cm³/mol. The van der Waals surface area contributed by atoms with E-state index < -0.39 is 0 Å². The van der Waals surface area contributed by atoms with Crippen molar-refractivity contribution >= 4 is 0 Å². The summed E-state index contributed by atoms with van der Waals surface area (Å²) in [6.45, 7) is 3.83. The highest BCUT2D eigenvalue weighted by Crippen LogP contribution is 2.31. The van der Waals surface area contributed by atoms with Gasteiger partial charge in [0.1, 0.15) is 5.76 Å². The van der Waals surface area contributed by atoms with Crippen molar-refractivity contribution in [3.05, 3.63) is 41.1 Å². The number of aromatic nitrogens is 3. The van der Waals surface area contributed by atoms with Gasteiger partial charge in [0.2, 0.25) is 11.7 Å². The molecule has 0 radical (unpaired) electrons. The first-order valence-electron chi connectivity index (χ1n) is 7.59. The fraction of sp³-hybridized carbons (Fsp3) is 0.353. The SMILES string of the molecule is COc1ccc(-c2noc(CCc3c(C)noc3C)n2)cc1OC. The summed E-state index contributed by atoms with van der Waals surface area (Å²) in [5, 5.41) is 7.99. The Morgan fingerprint density at radius 2 is 1.75 bits per heavy atom. The Morgan fingerprint density at radius 1 is 0.958 bits per heavy atom. The minimum atomic E-state index is 0.518. The van der Waals surface area contributed by atoms with Crippen LogP contribution in [-0.2, 0) is 12.8 Å². The molecule has 0 fully saturated rings. The van der Waals surface area contributed by atoms with Crippen molar-refractivity contribution in [2.45, 2.75) is 26.7 Å². The lowest BCUT2D eigenvalue weighted by Gasteiger charge is -2.07. The van der Waals surface area contributed by atoms with Crippen LogP contribution in [0.3, 0.4) is 0 Å². The summed E-state index contributed by atoms with van der Waals surface area (Å²) in [5.41, 5.74) is 2.79. The highest BCUT2D eigenvalue weighted by molar-refractivity contribution is 5.60. The Kier molecular flexibility index (Phi) is 4.50. The molecule has 126 valence electrons. The highest BCUT2D eigenvalue weighted by Gasteiger charge is 2.14. The first-order valence-corrected chi connectivity index (χ1v) is 7.59. The van der Waals surface area contributed by atoms with E-state index in [-0.39, 0.29) is 0 Å². The minimum Gasteiger partial charge on any atom is -0.493 e. The average Bonchev–Trinajstić information content (AvgIpc) is 3.19. The van der Waals surface area contributed by atoms with E-state index >= 15 is 0 Å². The summed E-state index contributed by atoms with van der Waals surface area (Å²) < 4.78 is 21.0. The van der Waals surface area contributed by atoms with Crippen molar-refractivity contribution in [3.63, 3.8) is 0 Å². The van der Waals surface area contributed by atoms with Crippen LogP contribution in [0.15, 0.2) is 27.2 Å². The van der Waals surface area contributed by atoms with Gasteiger partial charge in [0.15, 0.2) is 11.5 Å². The number of rotatable bonds is 6. The van der Waals surface area contributed by atoms with Crippen LogP contribution in [0.5, 0.6) is 11.5 Å². The van der Waals surface area contributed by atoms with Gasteiger partial charge in [0, 0.05) is 17.5 Å². The maximum absolute atomic E-state index is 5.34. The largest absolute Gasteiger partial charge is 0.493 e. The molecule has 0 aliphatic carbocycles. The van der Waals surface area contributed by atoms with Crippen molar-refractivity contribution in [1.29, 1.82) is 0 Å². The van der Waals surface area contributed by atoms with Crippen molar-refractivity contribution in [2.24, 2.45) is 0 Å². The van der Waals surface area contributed by atoms with Gasteiger partial charge in [0.25, 0.3) is 0 Å². The van der Waals surface area contributed by atoms with E-state index in [1.54, 1.807) is 14.2 Å². The van der Waals surface area contributed by atoms with E-state index in [9.17, 15) is 0 Å². The van der Waals surface area contributed by atoms with Crippen LogP contribution in [0.2, 0.25) is 0 Å². The monoisotopic (exact) mass is 329 g/mol. The topological polar surface area (TPSA) is 83.4 Å². The predicted octanol–water partition coefficient (Wildman–Crippen LogP) is 3.14. The molecule has 0 unspecified atom stereocenters. The zero-order valence-corrected chi connectivity index (χ0v) is 14.1. The number of benzene rings is 1. The molecular weight excluding hydrogens is 310 g/mol. The van der Waals surface area contributed by atoms with Gasteiger partial charge in [-0.3, -0.25) is 0 Å². The Morgan fingerprint density at radius 3 is 2.42 bits per heavy atom. The molecule has 3 aromatic rings. The van der Waals surface area contributed by atoms with Gasteiger partial charge < -0.3 is 18.5 Å². The van der Waals surface area contributed by atoms with Gasteiger partial charge in [-0.2, -0.15) is 4.98 Å². The van der Waals surface area contributed by atoms with Crippen LogP contribution >= 0.6 is 0 Å². The third-order valence-electron chi connectivity index (χ3n) is 3.88. The van der Waals surface area contributed by atoms with Gasteiger partial charge in [0.05, 0.1) is 19.9 Å². The molecule has 0 amide bonds. The number of aryl methyl sites for hydroxylation is 3. The first-order chi connectivity index (χ1) is 11.6.